The van der Waals surface area contributed by atoms with Gasteiger partial charge in [-0.2, -0.15) is 0 Å². The number of carbonyl (C=O) groups is 1. The molecule has 1 aromatic rings. The van der Waals surface area contributed by atoms with Gasteiger partial charge >= 0.3 is 5.97 Å². The van der Waals surface area contributed by atoms with Crippen molar-refractivity contribution in [1.82, 2.24) is 0 Å². The highest BCUT2D eigenvalue weighted by Crippen LogP contribution is 2.61. The van der Waals surface area contributed by atoms with Crippen LogP contribution < -0.4 is 0 Å². The monoisotopic (exact) mass is 222 g/mol. The average Bonchev–Trinajstić information content (AvgIpc) is 2.80. The minimum Gasteiger partial charge on any atom is -0.481 e. The van der Waals surface area contributed by atoms with E-state index in [2.05, 4.69) is 0 Å². The first-order chi connectivity index (χ1) is 7.13. The normalized spacial score (nSPS) is 31.7. The van der Waals surface area contributed by atoms with Crippen molar-refractivity contribution in [1.29, 1.82) is 0 Å². The summed E-state index contributed by atoms with van der Waals surface area (Å²) in [6.07, 6.45) is 2.75. The molecule has 0 bridgehead atoms. The first-order valence-electron chi connectivity index (χ1n) is 5.15. The maximum absolute atomic E-state index is 11.0. The standard InChI is InChI=1S/C12H11ClO2/c13-8-1-2-9-7(5-8)3-4-12(9)6-10(12)11(14)15/h1-2,5,10H,3-4,6H2,(H,14,15). The second kappa shape index (κ2) is 2.76. The molecule has 1 aromatic carbocycles. The Morgan fingerprint density at radius 2 is 2.33 bits per heavy atom. The summed E-state index contributed by atoms with van der Waals surface area (Å²) >= 11 is 5.92. The Hall–Kier alpha value is -1.02. The van der Waals surface area contributed by atoms with Crippen molar-refractivity contribution < 1.29 is 9.90 Å². The second-order valence-corrected chi connectivity index (χ2v) is 4.99. The number of carboxylic acids is 1. The second-order valence-electron chi connectivity index (χ2n) is 4.55. The third kappa shape index (κ3) is 1.14. The highest BCUT2D eigenvalue weighted by atomic mass is 35.5. The largest absolute Gasteiger partial charge is 0.481 e. The molecule has 0 aliphatic heterocycles. The predicted molar refractivity (Wildman–Crippen MR) is 57.2 cm³/mol. The number of carboxylic acid groups (broad SMARTS) is 1. The Balaban J connectivity index is 2.04. The summed E-state index contributed by atoms with van der Waals surface area (Å²) in [6, 6.07) is 5.85. The summed E-state index contributed by atoms with van der Waals surface area (Å²) in [4.78, 5) is 11.0. The molecule has 0 heterocycles. The van der Waals surface area contributed by atoms with Crippen LogP contribution in [-0.2, 0) is 16.6 Å². The van der Waals surface area contributed by atoms with Gasteiger partial charge in [0.05, 0.1) is 5.92 Å². The summed E-state index contributed by atoms with van der Waals surface area (Å²) < 4.78 is 0. The van der Waals surface area contributed by atoms with Gasteiger partial charge in [0.2, 0.25) is 0 Å². The molecule has 2 atom stereocenters. The Bertz CT molecular complexity index is 455. The minimum atomic E-state index is -0.655. The molecule has 15 heavy (non-hydrogen) atoms. The molecule has 2 aliphatic rings. The molecule has 0 radical (unpaired) electrons. The first kappa shape index (κ1) is 9.22. The zero-order valence-electron chi connectivity index (χ0n) is 8.16. The molecule has 3 rings (SSSR count). The minimum absolute atomic E-state index is 0.0498. The number of hydrogen-bond donors (Lipinski definition) is 1. The molecular weight excluding hydrogens is 212 g/mol. The molecular formula is C12H11ClO2. The number of aliphatic carboxylic acids is 1. The highest BCUT2D eigenvalue weighted by Gasteiger charge is 2.61. The lowest BCUT2D eigenvalue weighted by Crippen LogP contribution is -2.11. The summed E-state index contributed by atoms with van der Waals surface area (Å²) in [6.45, 7) is 0. The van der Waals surface area contributed by atoms with Gasteiger partial charge in [-0.15, -0.1) is 0 Å². The number of fused-ring (bicyclic) bond motifs is 2. The molecule has 1 N–H and O–H groups in total. The Morgan fingerprint density at radius 1 is 1.53 bits per heavy atom. The highest BCUT2D eigenvalue weighted by molar-refractivity contribution is 6.30. The van der Waals surface area contributed by atoms with Crippen molar-refractivity contribution in [2.45, 2.75) is 24.7 Å². The Labute approximate surface area is 92.9 Å². The molecule has 2 unspecified atom stereocenters. The average molecular weight is 223 g/mol. The van der Waals surface area contributed by atoms with Crippen LogP contribution in [0.3, 0.4) is 0 Å². The van der Waals surface area contributed by atoms with Crippen molar-refractivity contribution in [3.63, 3.8) is 0 Å². The maximum Gasteiger partial charge on any atom is 0.307 e. The van der Waals surface area contributed by atoms with Crippen molar-refractivity contribution in [2.24, 2.45) is 5.92 Å². The summed E-state index contributed by atoms with van der Waals surface area (Å²) in [5.74, 6) is -0.822. The van der Waals surface area contributed by atoms with Gasteiger partial charge in [0.25, 0.3) is 0 Å². The van der Waals surface area contributed by atoms with Crippen LogP contribution >= 0.6 is 11.6 Å². The smallest absolute Gasteiger partial charge is 0.307 e. The van der Waals surface area contributed by atoms with Gasteiger partial charge in [0.1, 0.15) is 0 Å². The van der Waals surface area contributed by atoms with E-state index in [0.717, 1.165) is 24.3 Å². The molecule has 2 nitrogen and oxygen atoms in total. The van der Waals surface area contributed by atoms with Crippen molar-refractivity contribution >= 4 is 17.6 Å². The fourth-order valence-corrected chi connectivity index (χ4v) is 3.14. The van der Waals surface area contributed by atoms with Gasteiger partial charge in [0.15, 0.2) is 0 Å². The van der Waals surface area contributed by atoms with Gasteiger partial charge in [-0.3, -0.25) is 4.79 Å². The van der Waals surface area contributed by atoms with E-state index >= 15 is 0 Å². The van der Waals surface area contributed by atoms with Crippen LogP contribution in [0.1, 0.15) is 24.0 Å². The topological polar surface area (TPSA) is 37.3 Å². The van der Waals surface area contributed by atoms with Crippen molar-refractivity contribution in [3.8, 4) is 0 Å². The number of halogens is 1. The van der Waals surface area contributed by atoms with E-state index in [1.165, 1.54) is 11.1 Å². The zero-order valence-corrected chi connectivity index (χ0v) is 8.92. The molecule has 1 spiro atoms. The third-order valence-electron chi connectivity index (χ3n) is 3.82. The van der Waals surface area contributed by atoms with E-state index in [-0.39, 0.29) is 11.3 Å². The van der Waals surface area contributed by atoms with Crippen molar-refractivity contribution in [2.75, 3.05) is 0 Å². The molecule has 0 aromatic heterocycles. The fourth-order valence-electron chi connectivity index (χ4n) is 2.95. The Kier molecular flexibility index (Phi) is 1.70. The van der Waals surface area contributed by atoms with Gasteiger partial charge in [-0.1, -0.05) is 17.7 Å². The molecule has 1 saturated carbocycles. The van der Waals surface area contributed by atoms with Gasteiger partial charge in [-0.25, -0.2) is 0 Å². The molecule has 78 valence electrons. The number of hydrogen-bond acceptors (Lipinski definition) is 1. The summed E-state index contributed by atoms with van der Waals surface area (Å²) in [7, 11) is 0. The van der Waals surface area contributed by atoms with Crippen LogP contribution in [0.4, 0.5) is 0 Å². The summed E-state index contributed by atoms with van der Waals surface area (Å²) in [5.41, 5.74) is 2.41. The molecule has 0 amide bonds. The van der Waals surface area contributed by atoms with Crippen LogP contribution in [-0.4, -0.2) is 11.1 Å². The first-order valence-corrected chi connectivity index (χ1v) is 5.53. The number of benzene rings is 1. The number of aryl methyl sites for hydroxylation is 1. The predicted octanol–water partition coefficient (Wildman–Crippen LogP) is 2.63. The zero-order chi connectivity index (χ0) is 10.6. The van der Waals surface area contributed by atoms with Gasteiger partial charge < -0.3 is 5.11 Å². The molecule has 0 saturated heterocycles. The van der Waals surface area contributed by atoms with Crippen LogP contribution in [0.2, 0.25) is 5.02 Å². The van der Waals surface area contributed by atoms with E-state index in [9.17, 15) is 4.79 Å². The molecule has 2 aliphatic carbocycles. The van der Waals surface area contributed by atoms with Crippen LogP contribution in [0.5, 0.6) is 0 Å². The molecule has 1 fully saturated rings. The maximum atomic E-state index is 11.0. The van der Waals surface area contributed by atoms with E-state index < -0.39 is 5.97 Å². The van der Waals surface area contributed by atoms with Crippen molar-refractivity contribution in [3.05, 3.63) is 34.3 Å². The van der Waals surface area contributed by atoms with E-state index in [0.29, 0.717) is 0 Å². The quantitative estimate of drug-likeness (QED) is 0.793. The van der Waals surface area contributed by atoms with Crippen LogP contribution in [0.15, 0.2) is 18.2 Å². The van der Waals surface area contributed by atoms with Gasteiger partial charge in [0, 0.05) is 10.4 Å². The van der Waals surface area contributed by atoms with Gasteiger partial charge in [-0.05, 0) is 42.5 Å². The lowest BCUT2D eigenvalue weighted by atomic mass is 9.95. The Morgan fingerprint density at radius 3 is 3.00 bits per heavy atom. The van der Waals surface area contributed by atoms with E-state index in [1.807, 2.05) is 18.2 Å². The van der Waals surface area contributed by atoms with E-state index in [4.69, 9.17) is 16.7 Å². The van der Waals surface area contributed by atoms with Crippen LogP contribution in [0.25, 0.3) is 0 Å². The molecule has 3 heteroatoms. The van der Waals surface area contributed by atoms with Crippen LogP contribution in [0, 0.1) is 5.92 Å². The lowest BCUT2D eigenvalue weighted by molar-refractivity contribution is -0.139. The van der Waals surface area contributed by atoms with E-state index in [1.54, 1.807) is 0 Å². The third-order valence-corrected chi connectivity index (χ3v) is 4.05. The fraction of sp³-hybridized carbons (Fsp3) is 0.417. The summed E-state index contributed by atoms with van der Waals surface area (Å²) in [5, 5.41) is 9.78. The lowest BCUT2D eigenvalue weighted by Gasteiger charge is -2.09. The SMILES string of the molecule is O=C(O)C1CC12CCc1cc(Cl)ccc12. The number of rotatable bonds is 1.